The van der Waals surface area contributed by atoms with Crippen LogP contribution in [0.25, 0.3) is 0 Å². The van der Waals surface area contributed by atoms with Gasteiger partial charge in [-0.1, -0.05) is 247 Å². The molecule has 0 aliphatic rings. The van der Waals surface area contributed by atoms with Gasteiger partial charge in [0.15, 0.2) is 6.10 Å². The van der Waals surface area contributed by atoms with Gasteiger partial charge < -0.3 is 14.2 Å². The van der Waals surface area contributed by atoms with Gasteiger partial charge in [-0.05, 0) is 31.1 Å². The van der Waals surface area contributed by atoms with Crippen LogP contribution in [0.1, 0.15) is 285 Å². The van der Waals surface area contributed by atoms with E-state index >= 15 is 0 Å². The van der Waals surface area contributed by atoms with Gasteiger partial charge in [0.1, 0.15) is 13.2 Å². The Balaban J connectivity index is 4.24. The number of carbonyl (C=O) groups excluding carboxylic acids is 3. The van der Waals surface area contributed by atoms with Crippen LogP contribution >= 0.6 is 0 Å². The van der Waals surface area contributed by atoms with E-state index in [0.29, 0.717) is 19.3 Å². The quantitative estimate of drug-likeness (QED) is 0.0346. The maximum Gasteiger partial charge on any atom is 0.306 e. The van der Waals surface area contributed by atoms with Crippen molar-refractivity contribution in [3.05, 3.63) is 0 Å². The molecule has 0 heterocycles. The third-order valence-corrected chi connectivity index (χ3v) is 12.1. The van der Waals surface area contributed by atoms with Crippen LogP contribution < -0.4 is 0 Å². The molecule has 0 N–H and O–H groups in total. The van der Waals surface area contributed by atoms with Crippen molar-refractivity contribution < 1.29 is 28.6 Å². The molecule has 6 heteroatoms. The Labute approximate surface area is 361 Å². The Morgan fingerprint density at radius 2 is 0.655 bits per heavy atom. The summed E-state index contributed by atoms with van der Waals surface area (Å²) in [6, 6.07) is 0. The number of unbranched alkanes of at least 4 members (excludes halogenated alkanes) is 30. The summed E-state index contributed by atoms with van der Waals surface area (Å²) < 4.78 is 16.8. The number of rotatable bonds is 46. The average molecular weight is 821 g/mol. The highest BCUT2D eigenvalue weighted by Crippen LogP contribution is 2.18. The lowest BCUT2D eigenvalue weighted by Crippen LogP contribution is -2.30. The molecule has 0 aliphatic carbocycles. The Kier molecular flexibility index (Phi) is 43.7. The molecule has 0 bridgehead atoms. The van der Waals surface area contributed by atoms with Gasteiger partial charge >= 0.3 is 17.9 Å². The second-order valence-electron chi connectivity index (χ2n) is 18.5. The Bertz CT molecular complexity index is 887. The van der Waals surface area contributed by atoms with E-state index in [1.54, 1.807) is 0 Å². The van der Waals surface area contributed by atoms with E-state index in [2.05, 4.69) is 34.6 Å². The summed E-state index contributed by atoms with van der Waals surface area (Å²) in [4.78, 5) is 37.9. The lowest BCUT2D eigenvalue weighted by molar-refractivity contribution is -0.167. The molecule has 0 amide bonds. The number of hydrogen-bond acceptors (Lipinski definition) is 6. The first kappa shape index (κ1) is 56.4. The first-order valence-electron chi connectivity index (χ1n) is 25.8. The highest BCUT2D eigenvalue weighted by atomic mass is 16.6. The third kappa shape index (κ3) is 44.0. The minimum Gasteiger partial charge on any atom is -0.462 e. The molecule has 58 heavy (non-hydrogen) atoms. The molecule has 0 saturated heterocycles. The summed E-state index contributed by atoms with van der Waals surface area (Å²) in [5.41, 5.74) is 0. The molecule has 0 saturated carbocycles. The van der Waals surface area contributed by atoms with Crippen LogP contribution in [0.2, 0.25) is 0 Å². The fourth-order valence-corrected chi connectivity index (χ4v) is 7.78. The monoisotopic (exact) mass is 821 g/mol. The minimum absolute atomic E-state index is 0.0650. The molecule has 2 atom stereocenters. The van der Waals surface area contributed by atoms with Crippen molar-refractivity contribution in [1.29, 1.82) is 0 Å². The molecule has 0 aliphatic heterocycles. The van der Waals surface area contributed by atoms with Gasteiger partial charge in [0.2, 0.25) is 0 Å². The fraction of sp³-hybridized carbons (Fsp3) is 0.942. The molecular weight excluding hydrogens is 721 g/mol. The highest BCUT2D eigenvalue weighted by Gasteiger charge is 2.19. The van der Waals surface area contributed by atoms with Crippen molar-refractivity contribution in [1.82, 2.24) is 0 Å². The molecule has 0 fully saturated rings. The summed E-state index contributed by atoms with van der Waals surface area (Å²) >= 11 is 0. The standard InChI is InChI=1S/C52H100O6/c1-6-8-9-10-11-12-13-14-15-16-17-18-19-23-26-32-37-42-50(53)56-45-49(58-52(55)44-39-34-29-28-30-35-40-47(3)4)46-57-51(54)43-38-33-27-24-21-20-22-25-31-36-41-48(5)7-2/h47-49H,6-46H2,1-5H3/t48?,49-/m0/s1. The van der Waals surface area contributed by atoms with E-state index in [0.717, 1.165) is 69.6 Å². The van der Waals surface area contributed by atoms with Crippen molar-refractivity contribution >= 4 is 17.9 Å². The van der Waals surface area contributed by atoms with Crippen molar-refractivity contribution in [2.45, 2.75) is 291 Å². The van der Waals surface area contributed by atoms with E-state index in [4.69, 9.17) is 14.2 Å². The zero-order valence-corrected chi connectivity index (χ0v) is 39.7. The number of esters is 3. The molecule has 0 spiro atoms. The average Bonchev–Trinajstić information content (AvgIpc) is 3.21. The van der Waals surface area contributed by atoms with Gasteiger partial charge in [-0.25, -0.2) is 0 Å². The van der Waals surface area contributed by atoms with Crippen LogP contribution in [0.3, 0.4) is 0 Å². The van der Waals surface area contributed by atoms with Crippen molar-refractivity contribution in [2.24, 2.45) is 11.8 Å². The van der Waals surface area contributed by atoms with Crippen LogP contribution in [-0.2, 0) is 28.6 Å². The molecule has 0 radical (unpaired) electrons. The third-order valence-electron chi connectivity index (χ3n) is 12.1. The fourth-order valence-electron chi connectivity index (χ4n) is 7.78. The second-order valence-corrected chi connectivity index (χ2v) is 18.5. The number of hydrogen-bond donors (Lipinski definition) is 0. The Hall–Kier alpha value is -1.59. The lowest BCUT2D eigenvalue weighted by Gasteiger charge is -2.18. The molecule has 1 unspecified atom stereocenters. The van der Waals surface area contributed by atoms with Gasteiger partial charge in [0.25, 0.3) is 0 Å². The smallest absolute Gasteiger partial charge is 0.306 e. The molecule has 0 aromatic rings. The van der Waals surface area contributed by atoms with Crippen molar-refractivity contribution in [3.63, 3.8) is 0 Å². The van der Waals surface area contributed by atoms with E-state index < -0.39 is 6.10 Å². The predicted molar refractivity (Wildman–Crippen MR) is 247 cm³/mol. The first-order valence-corrected chi connectivity index (χ1v) is 25.8. The second kappa shape index (κ2) is 44.9. The zero-order chi connectivity index (χ0) is 42.6. The van der Waals surface area contributed by atoms with Crippen molar-refractivity contribution in [2.75, 3.05) is 13.2 Å². The van der Waals surface area contributed by atoms with E-state index in [1.165, 1.54) is 173 Å². The van der Waals surface area contributed by atoms with Crippen LogP contribution in [0, 0.1) is 11.8 Å². The summed E-state index contributed by atoms with van der Waals surface area (Å²) in [6.07, 6.45) is 45.3. The topological polar surface area (TPSA) is 78.9 Å². The van der Waals surface area contributed by atoms with Crippen LogP contribution in [-0.4, -0.2) is 37.2 Å². The highest BCUT2D eigenvalue weighted by molar-refractivity contribution is 5.71. The molecular formula is C52H100O6. The van der Waals surface area contributed by atoms with Gasteiger partial charge in [0, 0.05) is 19.3 Å². The Morgan fingerprint density at radius 3 is 0.983 bits per heavy atom. The maximum atomic E-state index is 12.7. The van der Waals surface area contributed by atoms with Crippen LogP contribution in [0.5, 0.6) is 0 Å². The molecule has 6 nitrogen and oxygen atoms in total. The van der Waals surface area contributed by atoms with E-state index in [-0.39, 0.29) is 31.1 Å². The summed E-state index contributed by atoms with van der Waals surface area (Å²) in [5, 5.41) is 0. The normalized spacial score (nSPS) is 12.5. The zero-order valence-electron chi connectivity index (χ0n) is 39.7. The van der Waals surface area contributed by atoms with E-state index in [9.17, 15) is 14.4 Å². The predicted octanol–water partition coefficient (Wildman–Crippen LogP) is 16.5. The molecule has 344 valence electrons. The van der Waals surface area contributed by atoms with Crippen LogP contribution in [0.15, 0.2) is 0 Å². The number of carbonyl (C=O) groups is 3. The lowest BCUT2D eigenvalue weighted by atomic mass is 9.99. The Morgan fingerprint density at radius 1 is 0.362 bits per heavy atom. The SMILES string of the molecule is CCCCCCCCCCCCCCCCCCCC(=O)OC[C@@H](COC(=O)CCCCCCCCCCCCC(C)CC)OC(=O)CCCCCCCCC(C)C. The van der Waals surface area contributed by atoms with Crippen molar-refractivity contribution in [3.8, 4) is 0 Å². The minimum atomic E-state index is -0.762. The van der Waals surface area contributed by atoms with Gasteiger partial charge in [-0.3, -0.25) is 14.4 Å². The summed E-state index contributed by atoms with van der Waals surface area (Å²) in [7, 11) is 0. The first-order chi connectivity index (χ1) is 28.3. The molecule has 0 aromatic heterocycles. The van der Waals surface area contributed by atoms with Gasteiger partial charge in [-0.15, -0.1) is 0 Å². The summed E-state index contributed by atoms with van der Waals surface area (Å²) in [5.74, 6) is 0.774. The molecule has 0 aromatic carbocycles. The van der Waals surface area contributed by atoms with Gasteiger partial charge in [0.05, 0.1) is 0 Å². The largest absolute Gasteiger partial charge is 0.462 e. The van der Waals surface area contributed by atoms with E-state index in [1.807, 2.05) is 0 Å². The van der Waals surface area contributed by atoms with Gasteiger partial charge in [-0.2, -0.15) is 0 Å². The number of ether oxygens (including phenoxy) is 3. The molecule has 0 rings (SSSR count). The summed E-state index contributed by atoms with van der Waals surface area (Å²) in [6.45, 7) is 11.3. The van der Waals surface area contributed by atoms with Crippen LogP contribution in [0.4, 0.5) is 0 Å². The maximum absolute atomic E-state index is 12.7.